The molecule has 2 bridgehead atoms. The van der Waals surface area contributed by atoms with Gasteiger partial charge in [0.1, 0.15) is 12.4 Å². The minimum Gasteiger partial charge on any atom is -0.492 e. The van der Waals surface area contributed by atoms with Gasteiger partial charge in [0.25, 0.3) is 5.91 Å². The first-order valence-electron chi connectivity index (χ1n) is 12.3. The number of aromatic nitrogens is 2. The van der Waals surface area contributed by atoms with Gasteiger partial charge in [0.2, 0.25) is 0 Å². The summed E-state index contributed by atoms with van der Waals surface area (Å²) in [6.07, 6.45) is 5.22. The summed E-state index contributed by atoms with van der Waals surface area (Å²) < 4.78 is 13.9. The molecule has 0 unspecified atom stereocenters. The van der Waals surface area contributed by atoms with Gasteiger partial charge < -0.3 is 14.4 Å². The average Bonchev–Trinajstić information content (AvgIpc) is 3.06. The Morgan fingerprint density at radius 3 is 2.73 bits per heavy atom. The predicted molar refractivity (Wildman–Crippen MR) is 129 cm³/mol. The van der Waals surface area contributed by atoms with E-state index in [1.54, 1.807) is 7.11 Å². The van der Waals surface area contributed by atoms with Crippen molar-refractivity contribution in [3.05, 3.63) is 46.8 Å². The molecule has 4 rings (SSSR count). The number of ether oxygens (including phenoxy) is 2. The van der Waals surface area contributed by atoms with Crippen LogP contribution in [0.2, 0.25) is 0 Å². The predicted octanol–water partition coefficient (Wildman–Crippen LogP) is 3.72. The SMILES string of the molecule is CO[C@@H]1CCCN2C(=O)c3cccc(c3)OCCN(Cc3c(C)nn(C)c3C)CCCC[C@H]12. The molecule has 7 nitrogen and oxygen atoms in total. The normalized spacial score (nSPS) is 23.0. The zero-order valence-electron chi connectivity index (χ0n) is 20.5. The standard InChI is InChI=1S/C26H38N4O3/c1-19-23(20(2)28(3)27-19)18-29-13-6-5-11-24-25(32-4)12-8-14-30(24)26(31)21-9-7-10-22(17-21)33-16-15-29/h7,9-10,17,24-25H,5-6,8,11-16,18H2,1-4H3/t24-,25-/m1/s1. The van der Waals surface area contributed by atoms with Crippen LogP contribution >= 0.6 is 0 Å². The molecule has 0 N–H and O–H groups in total. The smallest absolute Gasteiger partial charge is 0.254 e. The Balaban J connectivity index is 1.55. The second kappa shape index (κ2) is 10.7. The molecule has 1 aromatic carbocycles. The van der Waals surface area contributed by atoms with Crippen LogP contribution in [0.4, 0.5) is 0 Å². The first kappa shape index (κ1) is 23.8. The largest absolute Gasteiger partial charge is 0.492 e. The number of rotatable bonds is 3. The number of fused-ring (bicyclic) bond motifs is 3. The van der Waals surface area contributed by atoms with Crippen molar-refractivity contribution >= 4 is 5.91 Å². The van der Waals surface area contributed by atoms with E-state index in [1.165, 1.54) is 11.3 Å². The van der Waals surface area contributed by atoms with E-state index < -0.39 is 0 Å². The van der Waals surface area contributed by atoms with Crippen molar-refractivity contribution in [1.29, 1.82) is 0 Å². The molecule has 1 amide bonds. The van der Waals surface area contributed by atoms with Gasteiger partial charge >= 0.3 is 0 Å². The van der Waals surface area contributed by atoms with E-state index in [0.29, 0.717) is 12.2 Å². The van der Waals surface area contributed by atoms with E-state index in [4.69, 9.17) is 9.47 Å². The van der Waals surface area contributed by atoms with E-state index in [2.05, 4.69) is 23.8 Å². The third-order valence-corrected chi connectivity index (χ3v) is 7.30. The molecular formula is C26H38N4O3. The van der Waals surface area contributed by atoms with Gasteiger partial charge in [-0.05, 0) is 64.3 Å². The number of methoxy groups -OCH3 is 1. The zero-order chi connectivity index (χ0) is 23.4. The second-order valence-electron chi connectivity index (χ2n) is 9.40. The molecule has 33 heavy (non-hydrogen) atoms. The third kappa shape index (κ3) is 5.41. The Labute approximate surface area is 197 Å². The number of piperidine rings is 1. The number of nitrogens with zero attached hydrogens (tertiary/aromatic N) is 4. The van der Waals surface area contributed by atoms with Crippen LogP contribution < -0.4 is 4.74 Å². The molecule has 2 atom stereocenters. The lowest BCUT2D eigenvalue weighted by molar-refractivity contribution is -0.0156. The topological polar surface area (TPSA) is 59.8 Å². The summed E-state index contributed by atoms with van der Waals surface area (Å²) >= 11 is 0. The molecule has 1 saturated heterocycles. The highest BCUT2D eigenvalue weighted by atomic mass is 16.5. The Kier molecular flexibility index (Phi) is 7.71. The van der Waals surface area contributed by atoms with Crippen LogP contribution in [0.5, 0.6) is 5.75 Å². The lowest BCUT2D eigenvalue weighted by Crippen LogP contribution is -2.51. The maximum atomic E-state index is 13.4. The van der Waals surface area contributed by atoms with Crippen molar-refractivity contribution in [2.45, 2.75) is 64.6 Å². The van der Waals surface area contributed by atoms with Crippen molar-refractivity contribution in [3.63, 3.8) is 0 Å². The Morgan fingerprint density at radius 1 is 1.12 bits per heavy atom. The number of carbonyl (C=O) groups excluding carboxylic acids is 1. The minimum absolute atomic E-state index is 0.0911. The fourth-order valence-electron chi connectivity index (χ4n) is 5.30. The van der Waals surface area contributed by atoms with Gasteiger partial charge in [0.15, 0.2) is 0 Å². The molecule has 0 radical (unpaired) electrons. The summed E-state index contributed by atoms with van der Waals surface area (Å²) in [5, 5.41) is 4.60. The molecule has 0 saturated carbocycles. The van der Waals surface area contributed by atoms with Gasteiger partial charge in [-0.25, -0.2) is 0 Å². The third-order valence-electron chi connectivity index (χ3n) is 7.30. The summed E-state index contributed by atoms with van der Waals surface area (Å²) in [6.45, 7) is 8.32. The van der Waals surface area contributed by atoms with Crippen molar-refractivity contribution < 1.29 is 14.3 Å². The number of aryl methyl sites for hydroxylation is 2. The first-order valence-corrected chi connectivity index (χ1v) is 12.3. The number of amides is 1. The van der Waals surface area contributed by atoms with Crippen LogP contribution in [0.1, 0.15) is 59.4 Å². The fraction of sp³-hybridized carbons (Fsp3) is 0.615. The van der Waals surface area contributed by atoms with E-state index in [0.717, 1.165) is 69.7 Å². The minimum atomic E-state index is 0.0911. The van der Waals surface area contributed by atoms with Gasteiger partial charge in [-0.2, -0.15) is 5.10 Å². The first-order chi connectivity index (χ1) is 16.0. The number of benzene rings is 1. The quantitative estimate of drug-likeness (QED) is 0.707. The van der Waals surface area contributed by atoms with Gasteiger partial charge in [0, 0.05) is 50.6 Å². The van der Waals surface area contributed by atoms with Gasteiger partial charge in [-0.1, -0.05) is 12.5 Å². The Hall–Kier alpha value is -2.38. The number of hydrogen-bond donors (Lipinski definition) is 0. The van der Waals surface area contributed by atoms with E-state index >= 15 is 0 Å². The molecule has 1 fully saturated rings. The van der Waals surface area contributed by atoms with Crippen LogP contribution in [0.3, 0.4) is 0 Å². The highest BCUT2D eigenvalue weighted by Crippen LogP contribution is 2.27. The highest BCUT2D eigenvalue weighted by molar-refractivity contribution is 5.95. The average molecular weight is 455 g/mol. The lowest BCUT2D eigenvalue weighted by Gasteiger charge is -2.41. The summed E-state index contributed by atoms with van der Waals surface area (Å²) in [7, 11) is 3.78. The van der Waals surface area contributed by atoms with Crippen LogP contribution in [0.15, 0.2) is 24.3 Å². The molecule has 3 heterocycles. The van der Waals surface area contributed by atoms with Crippen LogP contribution in [0.25, 0.3) is 0 Å². The molecule has 7 heteroatoms. The fourth-order valence-corrected chi connectivity index (χ4v) is 5.30. The molecule has 2 aliphatic rings. The summed E-state index contributed by atoms with van der Waals surface area (Å²) in [6, 6.07) is 7.77. The zero-order valence-corrected chi connectivity index (χ0v) is 20.5. The van der Waals surface area contributed by atoms with Crippen LogP contribution in [-0.2, 0) is 18.3 Å². The van der Waals surface area contributed by atoms with Crippen molar-refractivity contribution in [2.75, 3.05) is 33.4 Å². The Morgan fingerprint density at radius 2 is 1.97 bits per heavy atom. The van der Waals surface area contributed by atoms with E-state index in [9.17, 15) is 4.79 Å². The van der Waals surface area contributed by atoms with Crippen LogP contribution in [-0.4, -0.2) is 71.0 Å². The van der Waals surface area contributed by atoms with Crippen LogP contribution in [0, 0.1) is 13.8 Å². The number of hydrogen-bond acceptors (Lipinski definition) is 5. The number of carbonyl (C=O) groups is 1. The molecule has 2 aliphatic heterocycles. The highest BCUT2D eigenvalue weighted by Gasteiger charge is 2.34. The van der Waals surface area contributed by atoms with Crippen molar-refractivity contribution in [2.24, 2.45) is 7.05 Å². The lowest BCUT2D eigenvalue weighted by atomic mass is 9.93. The van der Waals surface area contributed by atoms with Gasteiger partial charge in [0.05, 0.1) is 17.8 Å². The van der Waals surface area contributed by atoms with E-state index in [-0.39, 0.29) is 18.1 Å². The van der Waals surface area contributed by atoms with Gasteiger partial charge in [-0.15, -0.1) is 0 Å². The molecule has 1 aromatic heterocycles. The summed E-state index contributed by atoms with van der Waals surface area (Å²) in [5.74, 6) is 0.844. The Bertz CT molecular complexity index is 957. The molecular weight excluding hydrogens is 416 g/mol. The maximum Gasteiger partial charge on any atom is 0.254 e. The molecule has 2 aromatic rings. The second-order valence-corrected chi connectivity index (χ2v) is 9.40. The van der Waals surface area contributed by atoms with Gasteiger partial charge in [-0.3, -0.25) is 14.4 Å². The summed E-state index contributed by atoms with van der Waals surface area (Å²) in [4.78, 5) is 17.9. The van der Waals surface area contributed by atoms with Crippen molar-refractivity contribution in [3.8, 4) is 5.75 Å². The van der Waals surface area contributed by atoms with Crippen molar-refractivity contribution in [1.82, 2.24) is 19.6 Å². The maximum absolute atomic E-state index is 13.4. The summed E-state index contributed by atoms with van der Waals surface area (Å²) in [5.41, 5.74) is 4.33. The molecule has 0 spiro atoms. The molecule has 180 valence electrons. The monoisotopic (exact) mass is 454 g/mol. The molecule has 0 aliphatic carbocycles. The van der Waals surface area contributed by atoms with E-state index in [1.807, 2.05) is 40.9 Å².